The highest BCUT2D eigenvalue weighted by Crippen LogP contribution is 2.40. The molecule has 0 aliphatic heterocycles. The molecule has 0 unspecified atom stereocenters. The fourth-order valence-corrected chi connectivity index (χ4v) is 2.09. The van der Waals surface area contributed by atoms with Crippen LogP contribution >= 0.6 is 11.6 Å². The Hall–Kier alpha value is -0.800. The molecule has 1 aliphatic carbocycles. The van der Waals surface area contributed by atoms with Gasteiger partial charge in [0.05, 0.1) is 17.3 Å². The molecule has 2 rings (SSSR count). The largest absolute Gasteiger partial charge is 0.396 e. The number of aliphatic hydroxyl groups excluding tert-OH is 1. The van der Waals surface area contributed by atoms with Crippen molar-refractivity contribution >= 4 is 17.4 Å². The van der Waals surface area contributed by atoms with Gasteiger partial charge in [-0.05, 0) is 31.9 Å². The van der Waals surface area contributed by atoms with Crippen LogP contribution in [0.15, 0.2) is 12.1 Å². The van der Waals surface area contributed by atoms with E-state index in [9.17, 15) is 5.11 Å². The number of anilines is 1. The van der Waals surface area contributed by atoms with E-state index in [0.29, 0.717) is 5.02 Å². The van der Waals surface area contributed by atoms with Gasteiger partial charge in [0.25, 0.3) is 0 Å². The van der Waals surface area contributed by atoms with Crippen LogP contribution in [0.5, 0.6) is 0 Å². The summed E-state index contributed by atoms with van der Waals surface area (Å²) in [7, 11) is 0. The highest BCUT2D eigenvalue weighted by molar-refractivity contribution is 6.31. The zero-order valence-corrected chi connectivity index (χ0v) is 10.2. The number of halogens is 1. The number of aliphatic hydroxyl groups is 1. The summed E-state index contributed by atoms with van der Waals surface area (Å²) in [6.45, 7) is 2.93. The van der Waals surface area contributed by atoms with Crippen molar-refractivity contribution < 1.29 is 5.11 Å². The van der Waals surface area contributed by atoms with Gasteiger partial charge < -0.3 is 10.4 Å². The average molecular weight is 241 g/mol. The van der Waals surface area contributed by atoms with Gasteiger partial charge in [0.2, 0.25) is 0 Å². The molecule has 1 saturated carbocycles. The third-order valence-corrected chi connectivity index (χ3v) is 3.81. The second-order valence-corrected chi connectivity index (χ2v) is 5.04. The minimum Gasteiger partial charge on any atom is -0.396 e. The number of aromatic nitrogens is 1. The summed E-state index contributed by atoms with van der Waals surface area (Å²) in [6, 6.07) is 3.72. The van der Waals surface area contributed by atoms with Crippen molar-refractivity contribution in [1.29, 1.82) is 0 Å². The van der Waals surface area contributed by atoms with Crippen molar-refractivity contribution in [3.8, 4) is 0 Å². The lowest BCUT2D eigenvalue weighted by Gasteiger charge is -2.40. The predicted molar refractivity (Wildman–Crippen MR) is 65.8 cm³/mol. The van der Waals surface area contributed by atoms with Crippen LogP contribution in [0.2, 0.25) is 5.02 Å². The lowest BCUT2D eigenvalue weighted by Crippen LogP contribution is -2.39. The Balaban J connectivity index is 1.96. The quantitative estimate of drug-likeness (QED) is 0.851. The summed E-state index contributed by atoms with van der Waals surface area (Å²) in [5.74, 6) is 0.835. The van der Waals surface area contributed by atoms with Crippen molar-refractivity contribution in [2.45, 2.75) is 26.2 Å². The van der Waals surface area contributed by atoms with Crippen molar-refractivity contribution in [3.05, 3.63) is 22.8 Å². The summed E-state index contributed by atoms with van der Waals surface area (Å²) in [5, 5.41) is 13.3. The first-order chi connectivity index (χ1) is 7.65. The molecule has 88 valence electrons. The molecule has 1 fully saturated rings. The molecule has 4 heteroatoms. The molecule has 0 radical (unpaired) electrons. The maximum atomic E-state index is 9.33. The van der Waals surface area contributed by atoms with Crippen LogP contribution in [0.3, 0.4) is 0 Å². The van der Waals surface area contributed by atoms with Crippen LogP contribution in [0.4, 0.5) is 5.82 Å². The van der Waals surface area contributed by atoms with Crippen molar-refractivity contribution in [2.75, 3.05) is 18.5 Å². The molecule has 16 heavy (non-hydrogen) atoms. The van der Waals surface area contributed by atoms with Crippen molar-refractivity contribution in [3.63, 3.8) is 0 Å². The van der Waals surface area contributed by atoms with Gasteiger partial charge in [-0.2, -0.15) is 0 Å². The van der Waals surface area contributed by atoms with E-state index >= 15 is 0 Å². The first-order valence-corrected chi connectivity index (χ1v) is 6.01. The monoisotopic (exact) mass is 240 g/mol. The summed E-state index contributed by atoms with van der Waals surface area (Å²) >= 11 is 5.91. The van der Waals surface area contributed by atoms with E-state index in [2.05, 4.69) is 10.3 Å². The normalized spacial score (nSPS) is 17.9. The molecule has 0 aromatic carbocycles. The first-order valence-electron chi connectivity index (χ1n) is 5.63. The summed E-state index contributed by atoms with van der Waals surface area (Å²) in [5.41, 5.74) is 0.910. The molecule has 0 bridgehead atoms. The topological polar surface area (TPSA) is 45.2 Å². The number of hydrogen-bond donors (Lipinski definition) is 2. The van der Waals surface area contributed by atoms with E-state index in [4.69, 9.17) is 11.6 Å². The summed E-state index contributed by atoms with van der Waals surface area (Å²) in [6.07, 6.45) is 3.42. The average Bonchev–Trinajstić information content (AvgIpc) is 2.22. The molecule has 1 aromatic rings. The second kappa shape index (κ2) is 4.60. The molecular weight excluding hydrogens is 224 g/mol. The van der Waals surface area contributed by atoms with E-state index in [-0.39, 0.29) is 12.0 Å². The number of pyridine rings is 1. The fraction of sp³-hybridized carbons (Fsp3) is 0.583. The molecule has 0 atom stereocenters. The highest BCUT2D eigenvalue weighted by atomic mass is 35.5. The van der Waals surface area contributed by atoms with Gasteiger partial charge in [-0.15, -0.1) is 0 Å². The maximum absolute atomic E-state index is 9.33. The lowest BCUT2D eigenvalue weighted by molar-refractivity contribution is 0.0576. The molecule has 2 N–H and O–H groups in total. The van der Waals surface area contributed by atoms with Gasteiger partial charge in [-0.1, -0.05) is 18.0 Å². The van der Waals surface area contributed by atoms with Gasteiger partial charge in [0.1, 0.15) is 5.82 Å². The Morgan fingerprint density at radius 1 is 1.50 bits per heavy atom. The lowest BCUT2D eigenvalue weighted by atomic mass is 9.69. The van der Waals surface area contributed by atoms with Gasteiger partial charge in [-0.25, -0.2) is 4.98 Å². The smallest absolute Gasteiger partial charge is 0.126 e. The van der Waals surface area contributed by atoms with Gasteiger partial charge in [0.15, 0.2) is 0 Å². The third kappa shape index (κ3) is 2.30. The maximum Gasteiger partial charge on any atom is 0.126 e. The van der Waals surface area contributed by atoms with E-state index in [0.717, 1.165) is 30.9 Å². The molecule has 1 aromatic heterocycles. The molecule has 0 saturated heterocycles. The molecule has 0 spiro atoms. The molecule has 1 aliphatic rings. The predicted octanol–water partition coefficient (Wildman–Crippen LogP) is 2.62. The summed E-state index contributed by atoms with van der Waals surface area (Å²) < 4.78 is 0. The minimum absolute atomic E-state index is 0.0786. The van der Waals surface area contributed by atoms with Crippen LogP contribution in [-0.2, 0) is 0 Å². The number of aryl methyl sites for hydroxylation is 1. The number of hydrogen-bond acceptors (Lipinski definition) is 3. The molecule has 1 heterocycles. The number of nitrogens with one attached hydrogen (secondary N) is 1. The van der Waals surface area contributed by atoms with E-state index < -0.39 is 0 Å². The Kier molecular flexibility index (Phi) is 3.36. The third-order valence-electron chi connectivity index (χ3n) is 3.42. The molecule has 3 nitrogen and oxygen atoms in total. The van der Waals surface area contributed by atoms with E-state index in [1.807, 2.05) is 19.1 Å². The zero-order valence-electron chi connectivity index (χ0n) is 9.46. The van der Waals surface area contributed by atoms with Crippen LogP contribution in [-0.4, -0.2) is 23.2 Å². The van der Waals surface area contributed by atoms with Crippen molar-refractivity contribution in [2.24, 2.45) is 5.41 Å². The number of rotatable bonds is 4. The Morgan fingerprint density at radius 2 is 2.25 bits per heavy atom. The standard InChI is InChI=1S/C12H17ClN2O/c1-9-10(13)3-4-11(15-9)14-7-12(8-16)5-2-6-12/h3-4,16H,2,5-8H2,1H3,(H,14,15). The second-order valence-electron chi connectivity index (χ2n) is 4.63. The van der Waals surface area contributed by atoms with Gasteiger partial charge in [-0.3, -0.25) is 0 Å². The van der Waals surface area contributed by atoms with E-state index in [1.165, 1.54) is 6.42 Å². The molecule has 0 amide bonds. The Labute approximate surface area is 101 Å². The highest BCUT2D eigenvalue weighted by Gasteiger charge is 2.36. The first kappa shape index (κ1) is 11.7. The van der Waals surface area contributed by atoms with E-state index in [1.54, 1.807) is 0 Å². The minimum atomic E-state index is 0.0786. The van der Waals surface area contributed by atoms with Crippen LogP contribution in [0, 0.1) is 12.3 Å². The van der Waals surface area contributed by atoms with Crippen LogP contribution in [0.1, 0.15) is 25.0 Å². The SMILES string of the molecule is Cc1nc(NCC2(CO)CCC2)ccc1Cl. The Morgan fingerprint density at radius 3 is 2.75 bits per heavy atom. The fourth-order valence-electron chi connectivity index (χ4n) is 1.99. The van der Waals surface area contributed by atoms with Crippen LogP contribution < -0.4 is 5.32 Å². The van der Waals surface area contributed by atoms with Gasteiger partial charge >= 0.3 is 0 Å². The van der Waals surface area contributed by atoms with Gasteiger partial charge in [0, 0.05) is 12.0 Å². The van der Waals surface area contributed by atoms with Crippen molar-refractivity contribution in [1.82, 2.24) is 4.98 Å². The zero-order chi connectivity index (χ0) is 11.6. The van der Waals surface area contributed by atoms with Crippen LogP contribution in [0.25, 0.3) is 0 Å². The number of nitrogens with zero attached hydrogens (tertiary/aromatic N) is 1. The molecular formula is C12H17ClN2O. The Bertz CT molecular complexity index is 372. The summed E-state index contributed by atoms with van der Waals surface area (Å²) in [4.78, 5) is 4.34.